The number of hydrogen-bond acceptors (Lipinski definition) is 3. The van der Waals surface area contributed by atoms with Gasteiger partial charge in [0.25, 0.3) is 0 Å². The minimum atomic E-state index is -3.75. The normalized spacial score (nSPS) is 11.5. The monoisotopic (exact) mass is 404 g/mol. The molecule has 0 radical (unpaired) electrons. The summed E-state index contributed by atoms with van der Waals surface area (Å²) in [7, 11) is -3.75. The smallest absolute Gasteiger partial charge is 0.206 e. The lowest BCUT2D eigenvalue weighted by atomic mass is 10.0. The Labute approximate surface area is 168 Å². The Morgan fingerprint density at radius 2 is 1.41 bits per heavy atom. The van der Waals surface area contributed by atoms with E-state index in [2.05, 4.69) is 0 Å². The zero-order valence-electron chi connectivity index (χ0n) is 15.4. The van der Waals surface area contributed by atoms with Crippen molar-refractivity contribution in [3.8, 4) is 11.1 Å². The highest BCUT2D eigenvalue weighted by Gasteiger charge is 2.21. The number of rotatable bonds is 5. The van der Waals surface area contributed by atoms with Gasteiger partial charge < -0.3 is 4.79 Å². The molecule has 4 rings (SSSR count). The van der Waals surface area contributed by atoms with Crippen molar-refractivity contribution >= 4 is 26.9 Å². The molecule has 29 heavy (non-hydrogen) atoms. The lowest BCUT2D eigenvalue weighted by Crippen LogP contribution is -2.06. The molecule has 0 N–H and O–H groups in total. The van der Waals surface area contributed by atoms with E-state index in [4.69, 9.17) is 0 Å². The minimum Gasteiger partial charge on any atom is -0.303 e. The van der Waals surface area contributed by atoms with E-state index in [9.17, 15) is 17.6 Å². The van der Waals surface area contributed by atoms with Crippen LogP contribution in [-0.2, 0) is 21.1 Å². The molecule has 0 aliphatic heterocycles. The van der Waals surface area contributed by atoms with E-state index in [1.807, 2.05) is 18.2 Å². The summed E-state index contributed by atoms with van der Waals surface area (Å²) in [6, 6.07) is 23.4. The van der Waals surface area contributed by atoms with E-state index in [0.29, 0.717) is 11.8 Å². The molecule has 0 fully saturated rings. The molecule has 0 aliphatic rings. The third-order valence-corrected chi connectivity index (χ3v) is 6.72. The van der Waals surface area contributed by atoms with Crippen molar-refractivity contribution in [2.45, 2.75) is 16.2 Å². The van der Waals surface area contributed by atoms with Gasteiger partial charge in [0, 0.05) is 6.42 Å². The zero-order valence-corrected chi connectivity index (χ0v) is 16.2. The molecule has 4 aromatic rings. The van der Waals surface area contributed by atoms with Crippen LogP contribution in [0.5, 0.6) is 0 Å². The predicted octanol–water partition coefficient (Wildman–Crippen LogP) is 5.22. The zero-order chi connectivity index (χ0) is 20.4. The van der Waals surface area contributed by atoms with Crippen LogP contribution in [-0.4, -0.2) is 14.7 Å². The predicted molar refractivity (Wildman–Crippen MR) is 111 cm³/mol. The third kappa shape index (κ3) is 3.69. The van der Waals surface area contributed by atoms with Crippen molar-refractivity contribution in [2.24, 2.45) is 0 Å². The molecule has 0 atom stereocenters. The molecule has 0 spiro atoms. The van der Waals surface area contributed by atoms with E-state index in [1.54, 1.807) is 48.5 Å². The van der Waals surface area contributed by atoms with Gasteiger partial charge in [-0.3, -0.25) is 0 Å². The van der Waals surface area contributed by atoms with Crippen LogP contribution in [0.25, 0.3) is 21.9 Å². The molecule has 4 aromatic carbocycles. The summed E-state index contributed by atoms with van der Waals surface area (Å²) in [4.78, 5) is 11.2. The molecule has 144 valence electrons. The molecular weight excluding hydrogens is 387 g/mol. The van der Waals surface area contributed by atoms with Crippen molar-refractivity contribution in [2.75, 3.05) is 0 Å². The largest absolute Gasteiger partial charge is 0.303 e. The maximum atomic E-state index is 13.2. The second-order valence-corrected chi connectivity index (χ2v) is 8.63. The molecular formula is C24H17FO3S. The lowest BCUT2D eigenvalue weighted by Gasteiger charge is -2.10. The number of halogens is 1. The Hall–Kier alpha value is -3.31. The van der Waals surface area contributed by atoms with Crippen molar-refractivity contribution in [3.63, 3.8) is 0 Å². The van der Waals surface area contributed by atoms with Crippen molar-refractivity contribution in [1.82, 2.24) is 0 Å². The molecule has 3 nitrogen and oxygen atoms in total. The van der Waals surface area contributed by atoms with E-state index in [1.165, 1.54) is 18.2 Å². The van der Waals surface area contributed by atoms with Crippen molar-refractivity contribution in [1.29, 1.82) is 0 Å². The number of carbonyl (C=O) groups excluding carboxylic acids is 1. The minimum absolute atomic E-state index is 0.0456. The average Bonchev–Trinajstić information content (AvgIpc) is 2.74. The molecule has 0 aromatic heterocycles. The Bertz CT molecular complexity index is 1310. The summed E-state index contributed by atoms with van der Waals surface area (Å²) in [5.41, 5.74) is 2.28. The number of benzene rings is 4. The maximum Gasteiger partial charge on any atom is 0.206 e. The van der Waals surface area contributed by atoms with Gasteiger partial charge in [0.05, 0.1) is 9.79 Å². The van der Waals surface area contributed by atoms with Gasteiger partial charge in [0.15, 0.2) is 0 Å². The number of sulfone groups is 1. The summed E-state index contributed by atoms with van der Waals surface area (Å²) in [6.07, 6.45) is 0.746. The molecule has 0 amide bonds. The maximum absolute atomic E-state index is 13.2. The van der Waals surface area contributed by atoms with Crippen LogP contribution in [0.2, 0.25) is 0 Å². The topological polar surface area (TPSA) is 51.2 Å². The average molecular weight is 404 g/mol. The second kappa shape index (κ2) is 7.60. The molecule has 0 aliphatic carbocycles. The van der Waals surface area contributed by atoms with E-state index < -0.39 is 9.84 Å². The van der Waals surface area contributed by atoms with Crippen LogP contribution in [0.3, 0.4) is 0 Å². The van der Waals surface area contributed by atoms with Crippen LogP contribution >= 0.6 is 0 Å². The van der Waals surface area contributed by atoms with Gasteiger partial charge in [0.2, 0.25) is 9.84 Å². The fourth-order valence-corrected chi connectivity index (χ4v) is 4.90. The molecule has 0 heterocycles. The fraction of sp³-hybridized carbons (Fsp3) is 0.0417. The van der Waals surface area contributed by atoms with Crippen LogP contribution in [0.4, 0.5) is 4.39 Å². The third-order valence-electron chi connectivity index (χ3n) is 4.86. The first-order chi connectivity index (χ1) is 14.0. The Morgan fingerprint density at radius 1 is 0.759 bits per heavy atom. The first-order valence-electron chi connectivity index (χ1n) is 9.05. The Balaban J connectivity index is 1.77. The van der Waals surface area contributed by atoms with Gasteiger partial charge in [-0.15, -0.1) is 0 Å². The first kappa shape index (κ1) is 19.0. The van der Waals surface area contributed by atoms with Gasteiger partial charge in [-0.25, -0.2) is 12.8 Å². The van der Waals surface area contributed by atoms with Crippen LogP contribution in [0.1, 0.15) is 5.56 Å². The fourth-order valence-electron chi connectivity index (χ4n) is 3.36. The van der Waals surface area contributed by atoms with Gasteiger partial charge in [-0.1, -0.05) is 48.5 Å². The summed E-state index contributed by atoms with van der Waals surface area (Å²) in [5, 5.41) is 1.66. The molecule has 0 saturated heterocycles. The SMILES string of the molecule is O=CCc1ccccc1S(=O)(=O)c1ccc2cc(-c3ccc(F)cc3)ccc2c1. The molecule has 5 heteroatoms. The van der Waals surface area contributed by atoms with Gasteiger partial charge >= 0.3 is 0 Å². The van der Waals surface area contributed by atoms with Gasteiger partial charge in [0.1, 0.15) is 12.1 Å². The number of carbonyl (C=O) groups is 1. The van der Waals surface area contributed by atoms with Crippen LogP contribution in [0.15, 0.2) is 94.7 Å². The highest BCUT2D eigenvalue weighted by atomic mass is 32.2. The summed E-state index contributed by atoms with van der Waals surface area (Å²) in [5.74, 6) is -0.292. The summed E-state index contributed by atoms with van der Waals surface area (Å²) < 4.78 is 39.4. The van der Waals surface area contributed by atoms with Crippen molar-refractivity contribution in [3.05, 3.63) is 96.3 Å². The van der Waals surface area contributed by atoms with E-state index in [0.717, 1.165) is 21.9 Å². The Morgan fingerprint density at radius 3 is 2.17 bits per heavy atom. The van der Waals surface area contributed by atoms with Gasteiger partial charge in [-0.05, 0) is 63.9 Å². The quantitative estimate of drug-likeness (QED) is 0.429. The van der Waals surface area contributed by atoms with Crippen LogP contribution in [0, 0.1) is 5.82 Å². The van der Waals surface area contributed by atoms with E-state index in [-0.39, 0.29) is 22.0 Å². The van der Waals surface area contributed by atoms with Gasteiger partial charge in [-0.2, -0.15) is 0 Å². The Kier molecular flexibility index (Phi) is 4.99. The van der Waals surface area contributed by atoms with Crippen LogP contribution < -0.4 is 0 Å². The van der Waals surface area contributed by atoms with Crippen molar-refractivity contribution < 1.29 is 17.6 Å². The second-order valence-electron chi connectivity index (χ2n) is 6.71. The first-order valence-corrected chi connectivity index (χ1v) is 10.5. The highest BCUT2D eigenvalue weighted by Crippen LogP contribution is 2.29. The number of hydrogen-bond donors (Lipinski definition) is 0. The molecule has 0 saturated carbocycles. The summed E-state index contributed by atoms with van der Waals surface area (Å²) in [6.45, 7) is 0. The standard InChI is InChI=1S/C24H17FO3S/c25-22-10-7-17(8-11-22)19-5-6-21-16-23(12-9-20(21)15-19)29(27,28)24-4-2-1-3-18(24)13-14-26/h1-12,14-16H,13H2. The molecule has 0 bridgehead atoms. The number of aldehydes is 1. The highest BCUT2D eigenvalue weighted by molar-refractivity contribution is 7.91. The summed E-state index contributed by atoms with van der Waals surface area (Å²) >= 11 is 0. The van der Waals surface area contributed by atoms with E-state index >= 15 is 0 Å². The lowest BCUT2D eigenvalue weighted by molar-refractivity contribution is -0.107. The number of fused-ring (bicyclic) bond motifs is 1. The molecule has 0 unspecified atom stereocenters.